The molecule has 0 aliphatic carbocycles. The third-order valence-corrected chi connectivity index (χ3v) is 3.27. The molecule has 0 unspecified atom stereocenters. The SMILES string of the molecule is CC(C)Oc1cc(NCCS(C)(=O)=O)ccc1[N+](=O)[O-]. The summed E-state index contributed by atoms with van der Waals surface area (Å²) >= 11 is 0. The summed E-state index contributed by atoms with van der Waals surface area (Å²) in [5.41, 5.74) is 0.460. The van der Waals surface area contributed by atoms with E-state index in [9.17, 15) is 18.5 Å². The second-order valence-corrected chi connectivity index (χ2v) is 6.92. The molecule has 1 aromatic carbocycles. The standard InChI is InChI=1S/C12H18N2O5S/c1-9(2)19-12-8-10(4-5-11(12)14(15)16)13-6-7-20(3,17)18/h4-5,8-9,13H,6-7H2,1-3H3. The van der Waals surface area contributed by atoms with E-state index >= 15 is 0 Å². The Kier molecular flexibility index (Phi) is 5.32. The van der Waals surface area contributed by atoms with E-state index < -0.39 is 14.8 Å². The highest BCUT2D eigenvalue weighted by atomic mass is 32.2. The highest BCUT2D eigenvalue weighted by Gasteiger charge is 2.16. The Morgan fingerprint density at radius 1 is 1.40 bits per heavy atom. The molecule has 0 aliphatic rings. The number of rotatable bonds is 7. The van der Waals surface area contributed by atoms with Crippen molar-refractivity contribution >= 4 is 21.2 Å². The maximum Gasteiger partial charge on any atom is 0.311 e. The first kappa shape index (κ1) is 16.2. The van der Waals surface area contributed by atoms with Gasteiger partial charge < -0.3 is 10.1 Å². The van der Waals surface area contributed by atoms with Gasteiger partial charge in [-0.05, 0) is 19.9 Å². The summed E-state index contributed by atoms with van der Waals surface area (Å²) in [6.45, 7) is 3.78. The monoisotopic (exact) mass is 302 g/mol. The maximum absolute atomic E-state index is 11.0. The van der Waals surface area contributed by atoms with Crippen LogP contribution in [-0.4, -0.2) is 38.0 Å². The summed E-state index contributed by atoms with van der Waals surface area (Å²) in [6.07, 6.45) is 0.956. The summed E-state index contributed by atoms with van der Waals surface area (Å²) in [6, 6.07) is 4.36. The summed E-state index contributed by atoms with van der Waals surface area (Å²) in [7, 11) is -3.05. The molecule has 20 heavy (non-hydrogen) atoms. The maximum atomic E-state index is 11.0. The lowest BCUT2D eigenvalue weighted by Crippen LogP contribution is -2.14. The molecule has 0 aliphatic heterocycles. The average Bonchev–Trinajstić information content (AvgIpc) is 2.26. The Morgan fingerprint density at radius 2 is 2.05 bits per heavy atom. The van der Waals surface area contributed by atoms with Crippen LogP contribution in [0, 0.1) is 10.1 Å². The van der Waals surface area contributed by atoms with Gasteiger partial charge in [-0.2, -0.15) is 0 Å². The lowest BCUT2D eigenvalue weighted by molar-refractivity contribution is -0.386. The zero-order valence-corrected chi connectivity index (χ0v) is 12.4. The smallest absolute Gasteiger partial charge is 0.311 e. The largest absolute Gasteiger partial charge is 0.484 e. The summed E-state index contributed by atoms with van der Waals surface area (Å²) < 4.78 is 27.4. The van der Waals surface area contributed by atoms with Crippen LogP contribution in [0.3, 0.4) is 0 Å². The first-order valence-corrected chi connectivity index (χ1v) is 8.12. The number of anilines is 1. The molecule has 0 atom stereocenters. The van der Waals surface area contributed by atoms with Crippen LogP contribution < -0.4 is 10.1 Å². The van der Waals surface area contributed by atoms with Crippen LogP contribution in [0.4, 0.5) is 11.4 Å². The zero-order valence-electron chi connectivity index (χ0n) is 11.6. The van der Waals surface area contributed by atoms with Crippen LogP contribution in [0.1, 0.15) is 13.8 Å². The molecule has 8 heteroatoms. The minimum atomic E-state index is -3.05. The Hall–Kier alpha value is -1.83. The van der Waals surface area contributed by atoms with E-state index in [2.05, 4.69) is 5.32 Å². The van der Waals surface area contributed by atoms with Crippen molar-refractivity contribution in [3.05, 3.63) is 28.3 Å². The second-order valence-electron chi connectivity index (χ2n) is 4.66. The highest BCUT2D eigenvalue weighted by Crippen LogP contribution is 2.30. The van der Waals surface area contributed by atoms with E-state index in [1.54, 1.807) is 13.8 Å². The van der Waals surface area contributed by atoms with Crippen molar-refractivity contribution in [2.45, 2.75) is 20.0 Å². The molecular formula is C12H18N2O5S. The van der Waals surface area contributed by atoms with E-state index in [-0.39, 0.29) is 29.8 Å². The molecule has 0 fully saturated rings. The molecule has 0 heterocycles. The van der Waals surface area contributed by atoms with Crippen LogP contribution in [0.2, 0.25) is 0 Å². The molecule has 0 radical (unpaired) electrons. The molecule has 0 saturated heterocycles. The predicted molar refractivity (Wildman–Crippen MR) is 77.1 cm³/mol. The fourth-order valence-corrected chi connectivity index (χ4v) is 1.98. The van der Waals surface area contributed by atoms with Crippen LogP contribution in [0.25, 0.3) is 0 Å². The van der Waals surface area contributed by atoms with Crippen molar-refractivity contribution in [3.8, 4) is 5.75 Å². The molecule has 0 saturated carbocycles. The van der Waals surface area contributed by atoms with Crippen LogP contribution in [0.15, 0.2) is 18.2 Å². The molecule has 112 valence electrons. The molecule has 0 spiro atoms. The lowest BCUT2D eigenvalue weighted by Gasteiger charge is -2.12. The van der Waals surface area contributed by atoms with Crippen molar-refractivity contribution in [1.29, 1.82) is 0 Å². The Labute approximate surface area is 118 Å². The average molecular weight is 302 g/mol. The number of nitro groups is 1. The number of nitro benzene ring substituents is 1. The zero-order chi connectivity index (χ0) is 15.3. The molecule has 1 N–H and O–H groups in total. The number of nitrogens with one attached hydrogen (secondary N) is 1. The quantitative estimate of drug-likeness (QED) is 0.609. The van der Waals surface area contributed by atoms with Crippen molar-refractivity contribution in [2.24, 2.45) is 0 Å². The summed E-state index contributed by atoms with van der Waals surface area (Å²) in [5, 5.41) is 13.8. The first-order chi connectivity index (χ1) is 9.19. The molecule has 1 rings (SSSR count). The van der Waals surface area contributed by atoms with Gasteiger partial charge in [0.05, 0.1) is 16.8 Å². The summed E-state index contributed by atoms with van der Waals surface area (Å²) in [5.74, 6) is 0.152. The molecule has 0 bridgehead atoms. The number of hydrogen-bond donors (Lipinski definition) is 1. The number of hydrogen-bond acceptors (Lipinski definition) is 6. The topological polar surface area (TPSA) is 98.5 Å². The van der Waals surface area contributed by atoms with Gasteiger partial charge in [-0.3, -0.25) is 10.1 Å². The van der Waals surface area contributed by atoms with Crippen LogP contribution in [0.5, 0.6) is 5.75 Å². The molecule has 1 aromatic rings. The van der Waals surface area contributed by atoms with Crippen molar-refractivity contribution in [2.75, 3.05) is 23.9 Å². The second kappa shape index (κ2) is 6.56. The van der Waals surface area contributed by atoms with Gasteiger partial charge in [0.15, 0.2) is 5.75 Å². The van der Waals surface area contributed by atoms with Gasteiger partial charge in [0.25, 0.3) is 0 Å². The third-order valence-electron chi connectivity index (χ3n) is 2.32. The first-order valence-electron chi connectivity index (χ1n) is 6.06. The number of ether oxygens (including phenoxy) is 1. The van der Waals surface area contributed by atoms with Crippen molar-refractivity contribution in [3.63, 3.8) is 0 Å². The van der Waals surface area contributed by atoms with Crippen molar-refractivity contribution in [1.82, 2.24) is 0 Å². The Morgan fingerprint density at radius 3 is 2.55 bits per heavy atom. The lowest BCUT2D eigenvalue weighted by atomic mass is 10.2. The Balaban J connectivity index is 2.86. The number of nitrogens with zero attached hydrogens (tertiary/aromatic N) is 1. The van der Waals surface area contributed by atoms with E-state index in [1.165, 1.54) is 18.2 Å². The summed E-state index contributed by atoms with van der Waals surface area (Å²) in [4.78, 5) is 10.4. The van der Waals surface area contributed by atoms with Gasteiger partial charge in [0, 0.05) is 30.6 Å². The fraction of sp³-hybridized carbons (Fsp3) is 0.500. The highest BCUT2D eigenvalue weighted by molar-refractivity contribution is 7.90. The number of sulfone groups is 1. The van der Waals surface area contributed by atoms with Crippen molar-refractivity contribution < 1.29 is 18.1 Å². The molecular weight excluding hydrogens is 284 g/mol. The van der Waals surface area contributed by atoms with E-state index in [1.807, 2.05) is 0 Å². The third kappa shape index (κ3) is 5.43. The normalized spacial score (nSPS) is 11.4. The molecule has 0 amide bonds. The van der Waals surface area contributed by atoms with Gasteiger partial charge in [0.1, 0.15) is 9.84 Å². The van der Waals surface area contributed by atoms with Crippen LogP contribution >= 0.6 is 0 Å². The molecule has 7 nitrogen and oxygen atoms in total. The molecule has 0 aromatic heterocycles. The van der Waals surface area contributed by atoms with Gasteiger partial charge in [0.2, 0.25) is 0 Å². The minimum Gasteiger partial charge on any atom is -0.484 e. The fourth-order valence-electron chi connectivity index (χ4n) is 1.50. The van der Waals surface area contributed by atoms with E-state index in [0.29, 0.717) is 5.69 Å². The van der Waals surface area contributed by atoms with E-state index in [0.717, 1.165) is 6.26 Å². The van der Waals surface area contributed by atoms with Gasteiger partial charge >= 0.3 is 5.69 Å². The minimum absolute atomic E-state index is 0.00956. The van der Waals surface area contributed by atoms with Gasteiger partial charge in [-0.15, -0.1) is 0 Å². The predicted octanol–water partition coefficient (Wildman–Crippen LogP) is 1.84. The van der Waals surface area contributed by atoms with Crippen LogP contribution in [-0.2, 0) is 9.84 Å². The van der Waals surface area contributed by atoms with E-state index in [4.69, 9.17) is 4.74 Å². The number of benzene rings is 1. The Bertz CT molecular complexity index is 584. The van der Waals surface area contributed by atoms with Gasteiger partial charge in [-0.25, -0.2) is 8.42 Å². The van der Waals surface area contributed by atoms with Gasteiger partial charge in [-0.1, -0.05) is 0 Å².